The summed E-state index contributed by atoms with van der Waals surface area (Å²) in [4.78, 5) is 0.293. The van der Waals surface area contributed by atoms with Crippen LogP contribution in [0.2, 0.25) is 0 Å². The molecule has 0 radical (unpaired) electrons. The van der Waals surface area contributed by atoms with Gasteiger partial charge in [-0.1, -0.05) is 0 Å². The SMILES string of the molecule is Cc1cc(S(=O)(=O)N(C)C2CCNCC2)c(C)o1.Cl. The summed E-state index contributed by atoms with van der Waals surface area (Å²) in [5, 5.41) is 3.24. The Bertz CT molecular complexity index is 521. The van der Waals surface area contributed by atoms with Crippen molar-refractivity contribution in [1.82, 2.24) is 9.62 Å². The number of furan rings is 1. The van der Waals surface area contributed by atoms with E-state index in [0.29, 0.717) is 16.4 Å². The van der Waals surface area contributed by atoms with E-state index in [2.05, 4.69) is 5.32 Å². The number of nitrogens with one attached hydrogen (secondary N) is 1. The Kier molecular flexibility index (Phi) is 5.43. The van der Waals surface area contributed by atoms with Gasteiger partial charge in [-0.25, -0.2) is 8.42 Å². The lowest BCUT2D eigenvalue weighted by Crippen LogP contribution is -2.43. The van der Waals surface area contributed by atoms with Crippen LogP contribution < -0.4 is 5.32 Å². The molecule has 0 spiro atoms. The molecule has 0 amide bonds. The van der Waals surface area contributed by atoms with Crippen molar-refractivity contribution in [2.24, 2.45) is 0 Å². The number of rotatable bonds is 3. The molecule has 1 aliphatic rings. The smallest absolute Gasteiger partial charge is 0.246 e. The zero-order valence-corrected chi connectivity index (χ0v) is 13.1. The van der Waals surface area contributed by atoms with Gasteiger partial charge in [0.05, 0.1) is 0 Å². The fourth-order valence-corrected chi connectivity index (χ4v) is 4.02. The Balaban J connectivity index is 0.00000180. The minimum absolute atomic E-state index is 0. The molecule has 110 valence electrons. The predicted octanol–water partition coefficient (Wildman–Crippen LogP) is 1.69. The molecule has 2 heterocycles. The normalized spacial score (nSPS) is 17.5. The van der Waals surface area contributed by atoms with Crippen LogP contribution in [-0.4, -0.2) is 38.9 Å². The van der Waals surface area contributed by atoms with Gasteiger partial charge in [0.25, 0.3) is 0 Å². The second-order valence-electron chi connectivity index (χ2n) is 4.78. The Labute approximate surface area is 120 Å². The van der Waals surface area contributed by atoms with Gasteiger partial charge in [-0.05, 0) is 45.8 Å². The van der Waals surface area contributed by atoms with E-state index < -0.39 is 10.0 Å². The van der Waals surface area contributed by atoms with E-state index in [1.807, 2.05) is 0 Å². The van der Waals surface area contributed by atoms with Crippen molar-refractivity contribution >= 4 is 22.4 Å². The lowest BCUT2D eigenvalue weighted by Gasteiger charge is -2.30. The van der Waals surface area contributed by atoms with Gasteiger partial charge in [0.1, 0.15) is 16.4 Å². The summed E-state index contributed by atoms with van der Waals surface area (Å²) in [6, 6.07) is 1.67. The molecule has 0 saturated carbocycles. The summed E-state index contributed by atoms with van der Waals surface area (Å²) >= 11 is 0. The van der Waals surface area contributed by atoms with Gasteiger partial charge in [0, 0.05) is 13.1 Å². The van der Waals surface area contributed by atoms with Crippen molar-refractivity contribution < 1.29 is 12.8 Å². The summed E-state index contributed by atoms with van der Waals surface area (Å²) in [5.74, 6) is 1.10. The number of halogens is 1. The summed E-state index contributed by atoms with van der Waals surface area (Å²) in [7, 11) is -1.78. The maximum atomic E-state index is 12.5. The summed E-state index contributed by atoms with van der Waals surface area (Å²) < 4.78 is 31.8. The average Bonchev–Trinajstić information content (AvgIpc) is 2.69. The van der Waals surface area contributed by atoms with Crippen LogP contribution >= 0.6 is 12.4 Å². The second-order valence-corrected chi connectivity index (χ2v) is 6.75. The Morgan fingerprint density at radius 3 is 2.37 bits per heavy atom. The third-order valence-electron chi connectivity index (χ3n) is 3.48. The largest absolute Gasteiger partial charge is 0.465 e. The predicted molar refractivity (Wildman–Crippen MR) is 76.3 cm³/mol. The third-order valence-corrected chi connectivity index (χ3v) is 5.49. The number of piperidine rings is 1. The van der Waals surface area contributed by atoms with E-state index in [9.17, 15) is 8.42 Å². The third kappa shape index (κ3) is 3.31. The van der Waals surface area contributed by atoms with Crippen LogP contribution in [0.15, 0.2) is 15.4 Å². The summed E-state index contributed by atoms with van der Waals surface area (Å²) in [6.07, 6.45) is 1.71. The molecule has 0 atom stereocenters. The minimum Gasteiger partial charge on any atom is -0.465 e. The molecule has 19 heavy (non-hydrogen) atoms. The number of hydrogen-bond acceptors (Lipinski definition) is 4. The Morgan fingerprint density at radius 1 is 1.32 bits per heavy atom. The lowest BCUT2D eigenvalue weighted by atomic mass is 10.1. The van der Waals surface area contributed by atoms with Crippen molar-refractivity contribution in [2.75, 3.05) is 20.1 Å². The molecule has 1 aliphatic heterocycles. The van der Waals surface area contributed by atoms with Gasteiger partial charge in [0.15, 0.2) is 0 Å². The molecule has 7 heteroatoms. The molecule has 0 aliphatic carbocycles. The van der Waals surface area contributed by atoms with Crippen molar-refractivity contribution in [3.63, 3.8) is 0 Å². The summed E-state index contributed by atoms with van der Waals surface area (Å²) in [5.41, 5.74) is 0. The fourth-order valence-electron chi connectivity index (χ4n) is 2.39. The first-order valence-corrected chi connectivity index (χ1v) is 7.62. The molecular weight excluding hydrogens is 288 g/mol. The number of hydrogen-bond donors (Lipinski definition) is 1. The zero-order valence-electron chi connectivity index (χ0n) is 11.5. The Morgan fingerprint density at radius 2 is 1.89 bits per heavy atom. The van der Waals surface area contributed by atoms with Crippen molar-refractivity contribution in [1.29, 1.82) is 0 Å². The van der Waals surface area contributed by atoms with Crippen LogP contribution in [0.1, 0.15) is 24.4 Å². The van der Waals surface area contributed by atoms with Crippen LogP contribution in [-0.2, 0) is 10.0 Å². The van der Waals surface area contributed by atoms with E-state index >= 15 is 0 Å². The molecule has 1 fully saturated rings. The highest BCUT2D eigenvalue weighted by Crippen LogP contribution is 2.25. The van der Waals surface area contributed by atoms with Gasteiger partial charge in [-0.15, -0.1) is 12.4 Å². The molecule has 0 aromatic carbocycles. The molecule has 1 aromatic rings. The molecule has 1 saturated heterocycles. The van der Waals surface area contributed by atoms with E-state index in [4.69, 9.17) is 4.42 Å². The van der Waals surface area contributed by atoms with Gasteiger partial charge in [-0.2, -0.15) is 4.31 Å². The maximum absolute atomic E-state index is 12.5. The van der Waals surface area contributed by atoms with Gasteiger partial charge >= 0.3 is 0 Å². The van der Waals surface area contributed by atoms with Crippen LogP contribution in [0.3, 0.4) is 0 Å². The average molecular weight is 309 g/mol. The van der Waals surface area contributed by atoms with Crippen molar-refractivity contribution in [3.8, 4) is 0 Å². The topological polar surface area (TPSA) is 62.6 Å². The molecular formula is C12H21ClN2O3S. The fraction of sp³-hybridized carbons (Fsp3) is 0.667. The van der Waals surface area contributed by atoms with Crippen LogP contribution in [0, 0.1) is 13.8 Å². The van der Waals surface area contributed by atoms with Gasteiger partial charge in [-0.3, -0.25) is 0 Å². The highest BCUT2D eigenvalue weighted by molar-refractivity contribution is 7.89. The highest BCUT2D eigenvalue weighted by atomic mass is 35.5. The van der Waals surface area contributed by atoms with E-state index in [0.717, 1.165) is 25.9 Å². The Hall–Kier alpha value is -0.560. The first-order chi connectivity index (χ1) is 8.43. The molecule has 1 aromatic heterocycles. The van der Waals surface area contributed by atoms with Crippen LogP contribution in [0.5, 0.6) is 0 Å². The van der Waals surface area contributed by atoms with Crippen molar-refractivity contribution in [3.05, 3.63) is 17.6 Å². The van der Waals surface area contributed by atoms with E-state index in [1.165, 1.54) is 4.31 Å². The van der Waals surface area contributed by atoms with Crippen LogP contribution in [0.4, 0.5) is 0 Å². The monoisotopic (exact) mass is 308 g/mol. The van der Waals surface area contributed by atoms with Gasteiger partial charge in [0.2, 0.25) is 10.0 Å². The van der Waals surface area contributed by atoms with Gasteiger partial charge < -0.3 is 9.73 Å². The molecule has 2 rings (SSSR count). The maximum Gasteiger partial charge on any atom is 0.246 e. The second kappa shape index (κ2) is 6.26. The quantitative estimate of drug-likeness (QED) is 0.923. The van der Waals surface area contributed by atoms with E-state index in [-0.39, 0.29) is 18.4 Å². The first-order valence-electron chi connectivity index (χ1n) is 6.18. The number of aryl methyl sites for hydroxylation is 2. The van der Waals surface area contributed by atoms with E-state index in [1.54, 1.807) is 27.0 Å². The molecule has 0 bridgehead atoms. The lowest BCUT2D eigenvalue weighted by molar-refractivity contribution is 0.296. The summed E-state index contributed by atoms with van der Waals surface area (Å²) in [6.45, 7) is 5.19. The number of nitrogens with zero attached hydrogens (tertiary/aromatic N) is 1. The zero-order chi connectivity index (χ0) is 13.3. The molecule has 1 N–H and O–H groups in total. The highest BCUT2D eigenvalue weighted by Gasteiger charge is 2.31. The molecule has 5 nitrogen and oxygen atoms in total. The minimum atomic E-state index is -3.44. The van der Waals surface area contributed by atoms with Crippen LogP contribution in [0.25, 0.3) is 0 Å². The molecule has 0 unspecified atom stereocenters. The van der Waals surface area contributed by atoms with Crippen molar-refractivity contribution in [2.45, 2.75) is 37.6 Å². The first kappa shape index (κ1) is 16.5. The standard InChI is InChI=1S/C12H20N2O3S.ClH/c1-9-8-12(10(2)17-9)18(15,16)14(3)11-4-6-13-7-5-11;/h8,11,13H,4-7H2,1-3H3;1H. The number of sulfonamides is 1.